The van der Waals surface area contributed by atoms with Gasteiger partial charge in [0.1, 0.15) is 5.82 Å². The van der Waals surface area contributed by atoms with Gasteiger partial charge in [0.25, 0.3) is 5.91 Å². The van der Waals surface area contributed by atoms with Crippen LogP contribution in [-0.2, 0) is 9.63 Å². The second-order valence-electron chi connectivity index (χ2n) is 6.09. The van der Waals surface area contributed by atoms with Crippen LogP contribution in [0.2, 0.25) is 0 Å². The number of nitrogens with zero attached hydrogens (tertiary/aromatic N) is 1. The molecule has 1 amide bonds. The van der Waals surface area contributed by atoms with E-state index in [1.807, 2.05) is 0 Å². The summed E-state index contributed by atoms with van der Waals surface area (Å²) in [6.07, 6.45) is 6.10. The maximum Gasteiger partial charge on any atom is 0.264 e. The van der Waals surface area contributed by atoms with Gasteiger partial charge in [0.15, 0.2) is 0 Å². The summed E-state index contributed by atoms with van der Waals surface area (Å²) in [7, 11) is 0. The van der Waals surface area contributed by atoms with Crippen LogP contribution in [0.25, 0.3) is 0 Å². The van der Waals surface area contributed by atoms with Crippen molar-refractivity contribution in [1.82, 2.24) is 5.32 Å². The zero-order valence-electron chi connectivity index (χ0n) is 12.6. The van der Waals surface area contributed by atoms with E-state index >= 15 is 0 Å². The molecule has 1 saturated carbocycles. The van der Waals surface area contributed by atoms with E-state index in [1.54, 1.807) is 12.1 Å². The van der Waals surface area contributed by atoms with Crippen molar-refractivity contribution >= 4 is 11.6 Å². The van der Waals surface area contributed by atoms with Crippen molar-refractivity contribution in [3.05, 3.63) is 35.6 Å². The van der Waals surface area contributed by atoms with Gasteiger partial charge in [-0.25, -0.2) is 4.39 Å². The molecule has 5 heteroatoms. The fraction of sp³-hybridized carbons (Fsp3) is 0.529. The molecule has 0 spiro atoms. The Bertz CT molecular complexity index is 550. The van der Waals surface area contributed by atoms with Crippen LogP contribution in [0.1, 0.15) is 44.1 Å². The lowest BCUT2D eigenvalue weighted by Gasteiger charge is -2.22. The Kier molecular flexibility index (Phi) is 4.71. The molecule has 4 nitrogen and oxygen atoms in total. The van der Waals surface area contributed by atoms with Crippen molar-refractivity contribution < 1.29 is 14.0 Å². The van der Waals surface area contributed by atoms with Gasteiger partial charge in [-0.1, -0.05) is 36.6 Å². The molecule has 1 unspecified atom stereocenters. The number of benzene rings is 1. The number of carbonyl (C=O) groups excluding carboxylic acids is 1. The van der Waals surface area contributed by atoms with Gasteiger partial charge in [-0.2, -0.15) is 0 Å². The summed E-state index contributed by atoms with van der Waals surface area (Å²) in [5, 5.41) is 6.94. The molecule has 3 rings (SSSR count). The zero-order valence-corrected chi connectivity index (χ0v) is 12.6. The molecule has 0 radical (unpaired) electrons. The summed E-state index contributed by atoms with van der Waals surface area (Å²) < 4.78 is 12.9. The van der Waals surface area contributed by atoms with Gasteiger partial charge in [0.2, 0.25) is 6.10 Å². The minimum absolute atomic E-state index is 0.105. The van der Waals surface area contributed by atoms with E-state index in [4.69, 9.17) is 4.84 Å². The SMILES string of the molecule is O=C(NCC1CCCCC1)C1CC(c2ccc(F)cc2)=NO1. The molecule has 1 aliphatic heterocycles. The molecule has 118 valence electrons. The minimum atomic E-state index is -0.566. The van der Waals surface area contributed by atoms with Crippen molar-refractivity contribution in [1.29, 1.82) is 0 Å². The molecular formula is C17H21FN2O2. The predicted octanol–water partition coefficient (Wildman–Crippen LogP) is 3.02. The van der Waals surface area contributed by atoms with Crippen molar-refractivity contribution in [2.75, 3.05) is 6.54 Å². The summed E-state index contributed by atoms with van der Waals surface area (Å²) in [6, 6.07) is 6.07. The Morgan fingerprint density at radius 2 is 1.95 bits per heavy atom. The average molecular weight is 304 g/mol. The van der Waals surface area contributed by atoms with Gasteiger partial charge < -0.3 is 10.2 Å². The van der Waals surface area contributed by atoms with Crippen LogP contribution in [0.4, 0.5) is 4.39 Å². The predicted molar refractivity (Wildman–Crippen MR) is 82.0 cm³/mol. The number of hydrogen-bond donors (Lipinski definition) is 1. The highest BCUT2D eigenvalue weighted by Crippen LogP contribution is 2.23. The highest BCUT2D eigenvalue weighted by Gasteiger charge is 2.29. The summed E-state index contributed by atoms with van der Waals surface area (Å²) >= 11 is 0. The molecule has 0 saturated heterocycles. The summed E-state index contributed by atoms with van der Waals surface area (Å²) in [4.78, 5) is 17.4. The van der Waals surface area contributed by atoms with Crippen LogP contribution in [0.15, 0.2) is 29.4 Å². The number of hydrogen-bond acceptors (Lipinski definition) is 3. The number of oxime groups is 1. The Morgan fingerprint density at radius 3 is 2.68 bits per heavy atom. The van der Waals surface area contributed by atoms with Crippen LogP contribution in [0.5, 0.6) is 0 Å². The van der Waals surface area contributed by atoms with Gasteiger partial charge in [0, 0.05) is 13.0 Å². The van der Waals surface area contributed by atoms with E-state index < -0.39 is 6.10 Å². The Labute approximate surface area is 129 Å². The molecular weight excluding hydrogens is 283 g/mol. The number of carbonyl (C=O) groups is 1. The molecule has 22 heavy (non-hydrogen) atoms. The number of nitrogens with one attached hydrogen (secondary N) is 1. The van der Waals surface area contributed by atoms with Gasteiger partial charge in [-0.05, 0) is 36.5 Å². The van der Waals surface area contributed by atoms with E-state index in [-0.39, 0.29) is 11.7 Å². The van der Waals surface area contributed by atoms with Crippen LogP contribution < -0.4 is 5.32 Å². The van der Waals surface area contributed by atoms with Crippen molar-refractivity contribution in [2.45, 2.75) is 44.6 Å². The summed E-state index contributed by atoms with van der Waals surface area (Å²) in [6.45, 7) is 0.727. The molecule has 1 aliphatic carbocycles. The number of amides is 1. The lowest BCUT2D eigenvalue weighted by Crippen LogP contribution is -2.38. The lowest BCUT2D eigenvalue weighted by molar-refractivity contribution is -0.131. The molecule has 1 atom stereocenters. The Balaban J connectivity index is 1.48. The largest absolute Gasteiger partial charge is 0.382 e. The van der Waals surface area contributed by atoms with Crippen molar-refractivity contribution in [3.8, 4) is 0 Å². The van der Waals surface area contributed by atoms with Crippen LogP contribution >= 0.6 is 0 Å². The smallest absolute Gasteiger partial charge is 0.264 e. The standard InChI is InChI=1S/C17H21FN2O2/c18-14-8-6-13(7-9-14)15-10-16(22-20-15)17(21)19-11-12-4-2-1-3-5-12/h6-9,12,16H,1-5,10-11H2,(H,19,21). The minimum Gasteiger partial charge on any atom is -0.382 e. The van der Waals surface area contributed by atoms with Gasteiger partial charge in [0.05, 0.1) is 5.71 Å². The first-order valence-corrected chi connectivity index (χ1v) is 7.99. The van der Waals surface area contributed by atoms with Gasteiger partial charge in [-0.15, -0.1) is 0 Å². The average Bonchev–Trinajstić information content (AvgIpc) is 3.04. The first-order valence-electron chi connectivity index (χ1n) is 7.99. The van der Waals surface area contributed by atoms with E-state index in [0.717, 1.165) is 12.1 Å². The monoisotopic (exact) mass is 304 g/mol. The number of halogens is 1. The molecule has 1 aromatic rings. The number of rotatable bonds is 4. The third-order valence-electron chi connectivity index (χ3n) is 4.43. The zero-order chi connectivity index (χ0) is 15.4. The van der Waals surface area contributed by atoms with E-state index in [2.05, 4.69) is 10.5 Å². The highest BCUT2D eigenvalue weighted by molar-refractivity contribution is 6.04. The Morgan fingerprint density at radius 1 is 1.23 bits per heavy atom. The van der Waals surface area contributed by atoms with E-state index in [9.17, 15) is 9.18 Å². The quantitative estimate of drug-likeness (QED) is 0.929. The van der Waals surface area contributed by atoms with Crippen LogP contribution in [0.3, 0.4) is 0 Å². The lowest BCUT2D eigenvalue weighted by atomic mass is 9.89. The molecule has 0 bridgehead atoms. The second kappa shape index (κ2) is 6.90. The van der Waals surface area contributed by atoms with Crippen molar-refractivity contribution in [3.63, 3.8) is 0 Å². The third-order valence-corrected chi connectivity index (χ3v) is 4.43. The normalized spacial score (nSPS) is 22.0. The maximum absolute atomic E-state index is 12.9. The summed E-state index contributed by atoms with van der Waals surface area (Å²) in [5.74, 6) is 0.202. The van der Waals surface area contributed by atoms with Crippen LogP contribution in [0, 0.1) is 11.7 Å². The van der Waals surface area contributed by atoms with E-state index in [1.165, 1.54) is 44.2 Å². The maximum atomic E-state index is 12.9. The van der Waals surface area contributed by atoms with E-state index in [0.29, 0.717) is 18.1 Å². The van der Waals surface area contributed by atoms with Crippen LogP contribution in [-0.4, -0.2) is 24.3 Å². The van der Waals surface area contributed by atoms with Crippen molar-refractivity contribution in [2.24, 2.45) is 11.1 Å². The first kappa shape index (κ1) is 15.0. The molecule has 2 aliphatic rings. The summed E-state index contributed by atoms with van der Waals surface area (Å²) in [5.41, 5.74) is 1.49. The molecule has 1 fully saturated rings. The molecule has 1 heterocycles. The third kappa shape index (κ3) is 3.64. The molecule has 0 aromatic heterocycles. The fourth-order valence-electron chi connectivity index (χ4n) is 3.08. The van der Waals surface area contributed by atoms with Gasteiger partial charge in [-0.3, -0.25) is 4.79 Å². The van der Waals surface area contributed by atoms with Gasteiger partial charge >= 0.3 is 0 Å². The Hall–Kier alpha value is -1.91. The highest BCUT2D eigenvalue weighted by atomic mass is 19.1. The first-order chi connectivity index (χ1) is 10.7. The molecule has 1 aromatic carbocycles. The topological polar surface area (TPSA) is 50.7 Å². The molecule has 1 N–H and O–H groups in total. The second-order valence-corrected chi connectivity index (χ2v) is 6.09. The fourth-order valence-corrected chi connectivity index (χ4v) is 3.08.